The molecular weight excluding hydrogens is 540 g/mol. The summed E-state index contributed by atoms with van der Waals surface area (Å²) in [5.74, 6) is 3.57. The summed E-state index contributed by atoms with van der Waals surface area (Å²) in [6, 6.07) is 32.6. The Balaban J connectivity index is 1.26. The van der Waals surface area contributed by atoms with Crippen LogP contribution >= 0.6 is 0 Å². The number of nitrogens with zero attached hydrogens (tertiary/aromatic N) is 4. The van der Waals surface area contributed by atoms with E-state index in [0.29, 0.717) is 28.9 Å². The quantitative estimate of drug-likeness (QED) is 0.209. The number of benzene rings is 5. The number of methoxy groups -OCH3 is 2. The van der Waals surface area contributed by atoms with E-state index in [1.807, 2.05) is 54.6 Å². The van der Waals surface area contributed by atoms with Gasteiger partial charge in [0.2, 0.25) is 5.88 Å². The Labute approximate surface area is 247 Å². The molecule has 0 N–H and O–H groups in total. The number of hydrogen-bond donors (Lipinski definition) is 0. The van der Waals surface area contributed by atoms with Crippen LogP contribution in [0, 0.1) is 0 Å². The van der Waals surface area contributed by atoms with Crippen LogP contribution in [-0.4, -0.2) is 33.8 Å². The number of aromatic nitrogens is 4. The lowest BCUT2D eigenvalue weighted by atomic mass is 9.81. The van der Waals surface area contributed by atoms with E-state index < -0.39 is 0 Å². The smallest absolute Gasteiger partial charge is 0.228 e. The topological polar surface area (TPSA) is 80.0 Å². The molecule has 210 valence electrons. The summed E-state index contributed by atoms with van der Waals surface area (Å²) < 4.78 is 25.5. The molecule has 1 aliphatic heterocycles. The number of ether oxygens (including phenoxy) is 4. The molecule has 5 aromatic carbocycles. The Bertz CT molecular complexity index is 2170. The van der Waals surface area contributed by atoms with E-state index >= 15 is 0 Å². The third-order valence-electron chi connectivity index (χ3n) is 7.98. The molecule has 0 radical (unpaired) electrons. The Hall–Kier alpha value is -5.63. The SMILES string of the molecule is COc1ccc(C2c3c(ccc4ccccc34)Oc3ncn4nc(COc5ccc6ccccc6c5)nc4c32)cc1OC. The van der Waals surface area contributed by atoms with Crippen molar-refractivity contribution in [2.75, 3.05) is 14.2 Å². The fourth-order valence-electron chi connectivity index (χ4n) is 5.98. The molecule has 1 aliphatic rings. The molecule has 1 unspecified atom stereocenters. The lowest BCUT2D eigenvalue weighted by Gasteiger charge is -2.29. The Morgan fingerprint density at radius 1 is 0.767 bits per heavy atom. The molecule has 0 spiro atoms. The molecule has 0 bridgehead atoms. The van der Waals surface area contributed by atoms with Crippen LogP contribution in [0.2, 0.25) is 0 Å². The maximum absolute atomic E-state index is 6.45. The first-order valence-electron chi connectivity index (χ1n) is 14.0. The van der Waals surface area contributed by atoms with Gasteiger partial charge in [0.25, 0.3) is 0 Å². The second kappa shape index (κ2) is 10.0. The summed E-state index contributed by atoms with van der Waals surface area (Å²) in [6.45, 7) is 0.205. The van der Waals surface area contributed by atoms with Gasteiger partial charge in [-0.15, -0.1) is 5.10 Å². The molecule has 0 aliphatic carbocycles. The predicted molar refractivity (Wildman–Crippen MR) is 164 cm³/mol. The van der Waals surface area contributed by atoms with Crippen LogP contribution in [0.3, 0.4) is 0 Å². The van der Waals surface area contributed by atoms with Gasteiger partial charge in [0.15, 0.2) is 23.0 Å². The lowest BCUT2D eigenvalue weighted by Crippen LogP contribution is -2.15. The zero-order valence-electron chi connectivity index (χ0n) is 23.5. The Morgan fingerprint density at radius 3 is 2.42 bits per heavy atom. The molecule has 43 heavy (non-hydrogen) atoms. The van der Waals surface area contributed by atoms with E-state index in [2.05, 4.69) is 47.4 Å². The van der Waals surface area contributed by atoms with Crippen molar-refractivity contribution in [3.05, 3.63) is 126 Å². The molecule has 0 saturated carbocycles. The van der Waals surface area contributed by atoms with Crippen LogP contribution in [0.4, 0.5) is 0 Å². The fourth-order valence-corrected chi connectivity index (χ4v) is 5.98. The van der Waals surface area contributed by atoms with Crippen molar-refractivity contribution in [3.63, 3.8) is 0 Å². The summed E-state index contributed by atoms with van der Waals surface area (Å²) in [5.41, 5.74) is 3.50. The molecule has 0 fully saturated rings. The summed E-state index contributed by atoms with van der Waals surface area (Å²) >= 11 is 0. The summed E-state index contributed by atoms with van der Waals surface area (Å²) in [4.78, 5) is 9.65. The van der Waals surface area contributed by atoms with Crippen molar-refractivity contribution in [3.8, 4) is 28.9 Å². The summed E-state index contributed by atoms with van der Waals surface area (Å²) in [6.07, 6.45) is 1.64. The maximum Gasteiger partial charge on any atom is 0.228 e. The first-order valence-corrected chi connectivity index (χ1v) is 14.0. The number of fused-ring (bicyclic) bond motifs is 7. The third kappa shape index (κ3) is 4.18. The van der Waals surface area contributed by atoms with Crippen LogP contribution in [0.25, 0.3) is 27.2 Å². The van der Waals surface area contributed by atoms with Crippen LogP contribution < -0.4 is 18.9 Å². The van der Waals surface area contributed by atoms with Gasteiger partial charge >= 0.3 is 0 Å². The summed E-state index contributed by atoms with van der Waals surface area (Å²) in [7, 11) is 3.28. The molecule has 0 amide bonds. The van der Waals surface area contributed by atoms with E-state index in [4.69, 9.17) is 29.0 Å². The lowest BCUT2D eigenvalue weighted by molar-refractivity contribution is 0.296. The van der Waals surface area contributed by atoms with Crippen molar-refractivity contribution < 1.29 is 18.9 Å². The zero-order valence-corrected chi connectivity index (χ0v) is 23.5. The highest BCUT2D eigenvalue weighted by Crippen LogP contribution is 2.51. The third-order valence-corrected chi connectivity index (χ3v) is 7.98. The normalized spacial score (nSPS) is 13.9. The van der Waals surface area contributed by atoms with Gasteiger partial charge in [-0.05, 0) is 57.4 Å². The monoisotopic (exact) mass is 566 g/mol. The van der Waals surface area contributed by atoms with E-state index in [1.165, 1.54) is 0 Å². The second-order valence-corrected chi connectivity index (χ2v) is 10.4. The predicted octanol–water partition coefficient (Wildman–Crippen LogP) is 7.31. The molecule has 1 atom stereocenters. The molecule has 2 aromatic heterocycles. The highest BCUT2D eigenvalue weighted by Gasteiger charge is 2.35. The first kappa shape index (κ1) is 25.1. The van der Waals surface area contributed by atoms with Gasteiger partial charge in [-0.2, -0.15) is 0 Å². The van der Waals surface area contributed by atoms with E-state index in [9.17, 15) is 0 Å². The van der Waals surface area contributed by atoms with Gasteiger partial charge in [-0.1, -0.05) is 66.7 Å². The molecule has 3 heterocycles. The van der Waals surface area contributed by atoms with Gasteiger partial charge in [-0.25, -0.2) is 14.5 Å². The first-order chi connectivity index (χ1) is 21.2. The second-order valence-electron chi connectivity index (χ2n) is 10.4. The fraction of sp³-hybridized carbons (Fsp3) is 0.114. The van der Waals surface area contributed by atoms with Crippen molar-refractivity contribution in [1.82, 2.24) is 19.6 Å². The molecule has 7 aromatic rings. The minimum Gasteiger partial charge on any atom is -0.493 e. The van der Waals surface area contributed by atoms with E-state index in [-0.39, 0.29) is 12.5 Å². The molecule has 8 nitrogen and oxygen atoms in total. The molecule has 0 saturated heterocycles. The minimum atomic E-state index is -0.265. The van der Waals surface area contributed by atoms with Crippen molar-refractivity contribution in [1.29, 1.82) is 0 Å². The van der Waals surface area contributed by atoms with Gasteiger partial charge in [0.05, 0.1) is 19.8 Å². The standard InChI is InChI=1S/C35H26N4O4/c1-40-27-15-13-24(18-29(27)41-2)31-32-26-10-6-5-8-22(26)12-16-28(32)43-35-33(31)34-37-30(38-39(34)20-36-35)19-42-25-14-11-21-7-3-4-9-23(21)17-25/h3-18,20,31H,19H2,1-2H3. The Morgan fingerprint density at radius 2 is 1.56 bits per heavy atom. The van der Waals surface area contributed by atoms with Crippen molar-refractivity contribution in [2.45, 2.75) is 12.5 Å². The van der Waals surface area contributed by atoms with Crippen LogP contribution in [0.15, 0.2) is 103 Å². The average Bonchev–Trinajstić information content (AvgIpc) is 3.49. The average molecular weight is 567 g/mol. The van der Waals surface area contributed by atoms with E-state index in [1.54, 1.807) is 25.1 Å². The number of hydrogen-bond acceptors (Lipinski definition) is 7. The zero-order chi connectivity index (χ0) is 28.9. The van der Waals surface area contributed by atoms with Crippen molar-refractivity contribution in [2.24, 2.45) is 0 Å². The van der Waals surface area contributed by atoms with Gasteiger partial charge in [0.1, 0.15) is 24.4 Å². The largest absolute Gasteiger partial charge is 0.493 e. The van der Waals surface area contributed by atoms with Gasteiger partial charge in [-0.3, -0.25) is 0 Å². The van der Waals surface area contributed by atoms with Gasteiger partial charge < -0.3 is 18.9 Å². The highest BCUT2D eigenvalue weighted by atomic mass is 16.5. The minimum absolute atomic E-state index is 0.205. The van der Waals surface area contributed by atoms with Crippen LogP contribution in [0.5, 0.6) is 28.9 Å². The van der Waals surface area contributed by atoms with E-state index in [0.717, 1.165) is 49.7 Å². The number of rotatable bonds is 6. The van der Waals surface area contributed by atoms with Gasteiger partial charge in [0, 0.05) is 11.5 Å². The Kier molecular flexibility index (Phi) is 5.85. The molecule has 8 rings (SSSR count). The molecular formula is C35H26N4O4. The summed E-state index contributed by atoms with van der Waals surface area (Å²) in [5, 5.41) is 9.20. The maximum atomic E-state index is 6.45. The molecule has 8 heteroatoms. The van der Waals surface area contributed by atoms with Crippen molar-refractivity contribution >= 4 is 27.2 Å². The highest BCUT2D eigenvalue weighted by molar-refractivity contribution is 5.91. The van der Waals surface area contributed by atoms with Crippen LogP contribution in [0.1, 0.15) is 28.4 Å². The van der Waals surface area contributed by atoms with Crippen LogP contribution in [-0.2, 0) is 6.61 Å².